The van der Waals surface area contributed by atoms with Crippen LogP contribution in [0.15, 0.2) is 33.6 Å². The van der Waals surface area contributed by atoms with Gasteiger partial charge in [0.25, 0.3) is 0 Å². The number of rotatable bonds is 6. The van der Waals surface area contributed by atoms with Crippen molar-refractivity contribution in [1.82, 2.24) is 24.6 Å². The van der Waals surface area contributed by atoms with Crippen molar-refractivity contribution < 1.29 is 9.32 Å². The Morgan fingerprint density at radius 1 is 1.29 bits per heavy atom. The zero-order chi connectivity index (χ0) is 19.5. The molecule has 3 aromatic rings. The van der Waals surface area contributed by atoms with E-state index in [-0.39, 0.29) is 17.6 Å². The molecule has 4 rings (SSSR count). The van der Waals surface area contributed by atoms with Crippen molar-refractivity contribution >= 4 is 16.9 Å². The molecule has 0 atom stereocenters. The quantitative estimate of drug-likeness (QED) is 0.705. The van der Waals surface area contributed by atoms with Crippen LogP contribution in [-0.4, -0.2) is 43.6 Å². The minimum Gasteiger partial charge on any atom is -0.343 e. The molecule has 1 fully saturated rings. The average Bonchev–Trinajstić information content (AvgIpc) is 3.31. The van der Waals surface area contributed by atoms with Gasteiger partial charge in [-0.25, -0.2) is 4.79 Å². The van der Waals surface area contributed by atoms with Gasteiger partial charge in [0, 0.05) is 38.4 Å². The maximum absolute atomic E-state index is 12.5. The van der Waals surface area contributed by atoms with Crippen LogP contribution in [0, 0.1) is 0 Å². The van der Waals surface area contributed by atoms with Crippen LogP contribution in [0.3, 0.4) is 0 Å². The molecule has 1 amide bonds. The van der Waals surface area contributed by atoms with Crippen molar-refractivity contribution in [2.45, 2.75) is 51.5 Å². The van der Waals surface area contributed by atoms with E-state index in [1.165, 1.54) is 0 Å². The highest BCUT2D eigenvalue weighted by atomic mass is 16.5. The summed E-state index contributed by atoms with van der Waals surface area (Å²) in [4.78, 5) is 34.0. The van der Waals surface area contributed by atoms with Gasteiger partial charge in [0.15, 0.2) is 5.82 Å². The highest BCUT2D eigenvalue weighted by Gasteiger charge is 2.25. The fourth-order valence-electron chi connectivity index (χ4n) is 3.89. The number of hydrogen-bond donors (Lipinski definition) is 1. The van der Waals surface area contributed by atoms with Crippen molar-refractivity contribution in [3.63, 3.8) is 0 Å². The molecule has 0 radical (unpaired) electrons. The molecule has 1 N–H and O–H groups in total. The Bertz CT molecular complexity index is 1010. The van der Waals surface area contributed by atoms with E-state index >= 15 is 0 Å². The number of benzene rings is 1. The molecule has 0 aliphatic carbocycles. The Balaban J connectivity index is 1.30. The van der Waals surface area contributed by atoms with E-state index in [0.29, 0.717) is 44.1 Å². The summed E-state index contributed by atoms with van der Waals surface area (Å²) in [6.45, 7) is 3.33. The van der Waals surface area contributed by atoms with Gasteiger partial charge in [-0.3, -0.25) is 9.36 Å². The first kappa shape index (κ1) is 18.5. The number of likely N-dealkylation sites (tertiary alicyclic amines) is 1. The first-order valence-corrected chi connectivity index (χ1v) is 9.94. The first-order chi connectivity index (χ1) is 13.7. The van der Waals surface area contributed by atoms with Crippen LogP contribution in [-0.2, 0) is 17.6 Å². The second-order valence-electron chi connectivity index (χ2n) is 7.24. The molecular formula is C20H25N5O3. The molecular weight excluding hydrogens is 358 g/mol. The molecule has 1 aromatic carbocycles. The minimum absolute atomic E-state index is 0.0722. The van der Waals surface area contributed by atoms with Gasteiger partial charge in [-0.05, 0) is 31.4 Å². The standard InChI is InChI=1S/C20H25N5O3/c1-2-17-22-18(28-23-17)8-5-9-19(26)24-12-10-14(11-13-24)25-16-7-4-3-6-15(16)21-20(25)27/h3-4,6-7,14H,2,5,8-13H2,1H3,(H,21,27). The number of aromatic amines is 1. The molecule has 148 valence electrons. The third kappa shape index (κ3) is 3.72. The summed E-state index contributed by atoms with van der Waals surface area (Å²) in [5.74, 6) is 1.46. The predicted molar refractivity (Wildman–Crippen MR) is 104 cm³/mol. The van der Waals surface area contributed by atoms with Gasteiger partial charge in [-0.1, -0.05) is 24.2 Å². The lowest BCUT2D eigenvalue weighted by molar-refractivity contribution is -0.132. The van der Waals surface area contributed by atoms with Crippen LogP contribution in [0.4, 0.5) is 0 Å². The van der Waals surface area contributed by atoms with E-state index in [1.807, 2.05) is 40.7 Å². The summed E-state index contributed by atoms with van der Waals surface area (Å²) < 4.78 is 7.01. The maximum atomic E-state index is 12.5. The zero-order valence-corrected chi connectivity index (χ0v) is 16.1. The number of carbonyl (C=O) groups is 1. The molecule has 0 spiro atoms. The number of fused-ring (bicyclic) bond motifs is 1. The Morgan fingerprint density at radius 3 is 2.82 bits per heavy atom. The molecule has 0 bridgehead atoms. The van der Waals surface area contributed by atoms with Gasteiger partial charge in [0.1, 0.15) is 0 Å². The smallest absolute Gasteiger partial charge is 0.326 e. The second kappa shape index (κ2) is 8.00. The van der Waals surface area contributed by atoms with E-state index in [4.69, 9.17) is 4.52 Å². The van der Waals surface area contributed by atoms with Gasteiger partial charge in [-0.15, -0.1) is 0 Å². The Labute approximate surface area is 162 Å². The SMILES string of the molecule is CCc1noc(CCCC(=O)N2CCC(n3c(=O)[nH]c4ccccc43)CC2)n1. The van der Waals surface area contributed by atoms with E-state index in [2.05, 4.69) is 15.1 Å². The highest BCUT2D eigenvalue weighted by Crippen LogP contribution is 2.25. The number of imidazole rings is 1. The topological polar surface area (TPSA) is 97.0 Å². The third-order valence-electron chi connectivity index (χ3n) is 5.41. The van der Waals surface area contributed by atoms with Crippen molar-refractivity contribution in [2.75, 3.05) is 13.1 Å². The first-order valence-electron chi connectivity index (χ1n) is 9.94. The zero-order valence-electron chi connectivity index (χ0n) is 16.1. The van der Waals surface area contributed by atoms with Crippen LogP contribution in [0.1, 0.15) is 50.4 Å². The molecule has 2 aromatic heterocycles. The number of aryl methyl sites for hydroxylation is 2. The van der Waals surface area contributed by atoms with Gasteiger partial charge < -0.3 is 14.4 Å². The molecule has 3 heterocycles. The molecule has 0 saturated carbocycles. The summed E-state index contributed by atoms with van der Waals surface area (Å²) in [6.07, 6.45) is 4.12. The summed E-state index contributed by atoms with van der Waals surface area (Å²) in [7, 11) is 0. The predicted octanol–water partition coefficient (Wildman–Crippen LogP) is 2.46. The number of nitrogens with one attached hydrogen (secondary N) is 1. The van der Waals surface area contributed by atoms with Crippen molar-refractivity contribution in [3.8, 4) is 0 Å². The summed E-state index contributed by atoms with van der Waals surface area (Å²) in [5, 5.41) is 3.87. The molecule has 1 saturated heterocycles. The van der Waals surface area contributed by atoms with E-state index in [0.717, 1.165) is 30.3 Å². The lowest BCUT2D eigenvalue weighted by Gasteiger charge is -2.32. The van der Waals surface area contributed by atoms with Crippen LogP contribution < -0.4 is 5.69 Å². The molecule has 1 aliphatic heterocycles. The van der Waals surface area contributed by atoms with Crippen molar-refractivity contribution in [3.05, 3.63) is 46.5 Å². The fourth-order valence-corrected chi connectivity index (χ4v) is 3.89. The van der Waals surface area contributed by atoms with Crippen LogP contribution in [0.2, 0.25) is 0 Å². The molecule has 28 heavy (non-hydrogen) atoms. The summed E-state index contributed by atoms with van der Waals surface area (Å²) in [6, 6.07) is 7.86. The minimum atomic E-state index is -0.0722. The van der Waals surface area contributed by atoms with Gasteiger partial charge >= 0.3 is 5.69 Å². The molecule has 1 aliphatic rings. The van der Waals surface area contributed by atoms with Crippen molar-refractivity contribution in [1.29, 1.82) is 0 Å². The van der Waals surface area contributed by atoms with Gasteiger partial charge in [-0.2, -0.15) is 4.98 Å². The average molecular weight is 383 g/mol. The van der Waals surface area contributed by atoms with Gasteiger partial charge in [0.05, 0.1) is 11.0 Å². The largest absolute Gasteiger partial charge is 0.343 e. The van der Waals surface area contributed by atoms with Gasteiger partial charge in [0.2, 0.25) is 11.8 Å². The number of H-pyrrole nitrogens is 1. The van der Waals surface area contributed by atoms with Crippen LogP contribution in [0.5, 0.6) is 0 Å². The number of para-hydroxylation sites is 2. The normalized spacial score (nSPS) is 15.4. The number of aromatic nitrogens is 4. The van der Waals surface area contributed by atoms with E-state index in [1.54, 1.807) is 0 Å². The highest BCUT2D eigenvalue weighted by molar-refractivity contribution is 5.76. The fraction of sp³-hybridized carbons (Fsp3) is 0.500. The van der Waals surface area contributed by atoms with Crippen LogP contribution in [0.25, 0.3) is 11.0 Å². The molecule has 0 unspecified atom stereocenters. The lowest BCUT2D eigenvalue weighted by atomic mass is 10.0. The Hall–Kier alpha value is -2.90. The number of piperidine rings is 1. The summed E-state index contributed by atoms with van der Waals surface area (Å²) >= 11 is 0. The maximum Gasteiger partial charge on any atom is 0.326 e. The summed E-state index contributed by atoms with van der Waals surface area (Å²) in [5.41, 5.74) is 1.72. The molecule has 8 heteroatoms. The number of amides is 1. The monoisotopic (exact) mass is 383 g/mol. The Morgan fingerprint density at radius 2 is 2.07 bits per heavy atom. The number of hydrogen-bond acceptors (Lipinski definition) is 5. The van der Waals surface area contributed by atoms with E-state index < -0.39 is 0 Å². The number of nitrogens with zero attached hydrogens (tertiary/aromatic N) is 4. The third-order valence-corrected chi connectivity index (χ3v) is 5.41. The molecule has 8 nitrogen and oxygen atoms in total. The second-order valence-corrected chi connectivity index (χ2v) is 7.24. The Kier molecular flexibility index (Phi) is 5.27. The van der Waals surface area contributed by atoms with Crippen molar-refractivity contribution in [2.24, 2.45) is 0 Å². The van der Waals surface area contributed by atoms with Crippen LogP contribution >= 0.6 is 0 Å². The number of carbonyl (C=O) groups excluding carboxylic acids is 1. The van der Waals surface area contributed by atoms with E-state index in [9.17, 15) is 9.59 Å². The lowest BCUT2D eigenvalue weighted by Crippen LogP contribution is -2.40.